The lowest BCUT2D eigenvalue weighted by atomic mass is 10.3. The van der Waals surface area contributed by atoms with E-state index < -0.39 is 15.8 Å². The summed E-state index contributed by atoms with van der Waals surface area (Å²) in [5.41, 5.74) is 0. The van der Waals surface area contributed by atoms with Crippen molar-refractivity contribution in [2.24, 2.45) is 0 Å². The highest BCUT2D eigenvalue weighted by molar-refractivity contribution is 7.89. The summed E-state index contributed by atoms with van der Waals surface area (Å²) in [7, 11) is -2.32. The molecule has 0 atom stereocenters. The highest BCUT2D eigenvalue weighted by Gasteiger charge is 2.32. The van der Waals surface area contributed by atoms with Crippen molar-refractivity contribution in [2.75, 3.05) is 39.8 Å². The summed E-state index contributed by atoms with van der Waals surface area (Å²) in [6.07, 6.45) is 0. The van der Waals surface area contributed by atoms with Crippen LogP contribution in [0.1, 0.15) is 6.92 Å². The summed E-state index contributed by atoms with van der Waals surface area (Å²) < 4.78 is 45.0. The lowest BCUT2D eigenvalue weighted by molar-refractivity contribution is -0.901. The molecule has 0 bridgehead atoms. The normalized spacial score (nSPS) is 18.1. The van der Waals surface area contributed by atoms with Crippen LogP contribution in [0.15, 0.2) is 23.1 Å². The Hall–Kier alpha value is -1.18. The first-order chi connectivity index (χ1) is 9.48. The molecule has 7 heteroatoms. The number of likely N-dealkylation sites (N-methyl/N-ethyl adjacent to an activating group) is 1. The Morgan fingerprint density at radius 3 is 2.55 bits per heavy atom. The Morgan fingerprint density at radius 1 is 1.35 bits per heavy atom. The molecule has 1 aliphatic rings. The Labute approximate surface area is 119 Å². The lowest BCUT2D eigenvalue weighted by Crippen LogP contribution is -3.14. The minimum absolute atomic E-state index is 0.0973. The van der Waals surface area contributed by atoms with Crippen LogP contribution < -0.4 is 9.64 Å². The average Bonchev–Trinajstić information content (AvgIpc) is 2.47. The topological polar surface area (TPSA) is 51.0 Å². The number of hydrogen-bond acceptors (Lipinski definition) is 3. The number of rotatable bonds is 4. The second-order valence-electron chi connectivity index (χ2n) is 4.80. The number of benzene rings is 1. The first kappa shape index (κ1) is 15.2. The highest BCUT2D eigenvalue weighted by atomic mass is 32.2. The van der Waals surface area contributed by atoms with Gasteiger partial charge in [-0.3, -0.25) is 0 Å². The third-order valence-corrected chi connectivity index (χ3v) is 5.59. The molecule has 1 aliphatic heterocycles. The molecule has 0 unspecified atom stereocenters. The van der Waals surface area contributed by atoms with E-state index >= 15 is 0 Å². The Bertz CT molecular complexity index is 569. The monoisotopic (exact) mass is 303 g/mol. The van der Waals surface area contributed by atoms with Crippen molar-refractivity contribution in [3.63, 3.8) is 0 Å². The Balaban J connectivity index is 2.29. The maximum absolute atomic E-state index is 13.4. The second-order valence-corrected chi connectivity index (χ2v) is 6.71. The van der Waals surface area contributed by atoms with Crippen LogP contribution in [0.5, 0.6) is 5.75 Å². The quantitative estimate of drug-likeness (QED) is 0.834. The highest BCUT2D eigenvalue weighted by Crippen LogP contribution is 2.27. The van der Waals surface area contributed by atoms with E-state index in [-0.39, 0.29) is 10.6 Å². The van der Waals surface area contributed by atoms with Crippen molar-refractivity contribution < 1.29 is 22.4 Å². The molecule has 1 saturated heterocycles. The molecule has 1 N–H and O–H groups in total. The SMILES string of the molecule is CC[NH+]1CCN(S(=O)(=O)c2cc(F)ccc2OC)CC1. The molecule has 1 aromatic rings. The molecular weight excluding hydrogens is 283 g/mol. The van der Waals surface area contributed by atoms with E-state index in [9.17, 15) is 12.8 Å². The van der Waals surface area contributed by atoms with Crippen LogP contribution in [0.25, 0.3) is 0 Å². The molecule has 0 radical (unpaired) electrons. The van der Waals surface area contributed by atoms with Crippen LogP contribution in [0.3, 0.4) is 0 Å². The Kier molecular flexibility index (Phi) is 4.62. The van der Waals surface area contributed by atoms with E-state index in [1.165, 1.54) is 28.4 Å². The molecule has 0 amide bonds. The fourth-order valence-corrected chi connectivity index (χ4v) is 4.00. The number of nitrogens with one attached hydrogen (secondary N) is 1. The molecule has 1 aromatic carbocycles. The minimum atomic E-state index is -3.70. The number of piperazine rings is 1. The van der Waals surface area contributed by atoms with E-state index in [0.29, 0.717) is 13.1 Å². The van der Waals surface area contributed by atoms with E-state index in [4.69, 9.17) is 4.74 Å². The second kappa shape index (κ2) is 6.07. The summed E-state index contributed by atoms with van der Waals surface area (Å²) in [5.74, 6) is -0.404. The van der Waals surface area contributed by atoms with Crippen molar-refractivity contribution in [3.8, 4) is 5.75 Å². The Morgan fingerprint density at radius 2 is 2.00 bits per heavy atom. The van der Waals surface area contributed by atoms with Crippen molar-refractivity contribution in [3.05, 3.63) is 24.0 Å². The summed E-state index contributed by atoms with van der Waals surface area (Å²) in [6, 6.07) is 3.56. The van der Waals surface area contributed by atoms with Crippen LogP contribution in [0, 0.1) is 5.82 Å². The third-order valence-electron chi connectivity index (χ3n) is 3.67. The number of hydrogen-bond donors (Lipinski definition) is 1. The van der Waals surface area contributed by atoms with E-state index in [2.05, 4.69) is 6.92 Å². The smallest absolute Gasteiger partial charge is 0.247 e. The van der Waals surface area contributed by atoms with Gasteiger partial charge >= 0.3 is 0 Å². The molecule has 0 aromatic heterocycles. The van der Waals surface area contributed by atoms with Gasteiger partial charge in [0.25, 0.3) is 0 Å². The van der Waals surface area contributed by atoms with Gasteiger partial charge in [0.1, 0.15) is 16.5 Å². The molecule has 0 saturated carbocycles. The number of methoxy groups -OCH3 is 1. The van der Waals surface area contributed by atoms with Crippen molar-refractivity contribution in [1.82, 2.24) is 4.31 Å². The summed E-state index contributed by atoms with van der Waals surface area (Å²) in [6.45, 7) is 5.50. The molecule has 0 spiro atoms. The average molecular weight is 303 g/mol. The van der Waals surface area contributed by atoms with Gasteiger partial charge in [-0.2, -0.15) is 4.31 Å². The molecule has 5 nitrogen and oxygen atoms in total. The van der Waals surface area contributed by atoms with E-state index in [1.54, 1.807) is 0 Å². The van der Waals surface area contributed by atoms with Crippen LogP contribution in [0.4, 0.5) is 4.39 Å². The minimum Gasteiger partial charge on any atom is -0.495 e. The van der Waals surface area contributed by atoms with Gasteiger partial charge in [0.2, 0.25) is 10.0 Å². The van der Waals surface area contributed by atoms with Crippen LogP contribution >= 0.6 is 0 Å². The van der Waals surface area contributed by atoms with E-state index in [0.717, 1.165) is 25.7 Å². The maximum atomic E-state index is 13.4. The zero-order chi connectivity index (χ0) is 14.8. The number of nitrogens with zero attached hydrogens (tertiary/aromatic N) is 1. The summed E-state index contributed by atoms with van der Waals surface area (Å²) in [5, 5.41) is 0. The molecule has 1 fully saturated rings. The predicted molar refractivity (Wildman–Crippen MR) is 72.9 cm³/mol. The van der Waals surface area contributed by atoms with Gasteiger partial charge in [0, 0.05) is 0 Å². The van der Waals surface area contributed by atoms with Crippen LogP contribution in [-0.2, 0) is 10.0 Å². The largest absolute Gasteiger partial charge is 0.495 e. The number of ether oxygens (including phenoxy) is 1. The number of sulfonamides is 1. The zero-order valence-electron chi connectivity index (χ0n) is 11.7. The molecule has 0 aliphatic carbocycles. The molecule has 2 rings (SSSR count). The van der Waals surface area contributed by atoms with Gasteiger partial charge in [-0.1, -0.05) is 0 Å². The third kappa shape index (κ3) is 2.94. The zero-order valence-corrected chi connectivity index (χ0v) is 12.5. The predicted octanol–water partition coefficient (Wildman–Crippen LogP) is -0.257. The fourth-order valence-electron chi connectivity index (χ4n) is 2.39. The summed E-state index contributed by atoms with van der Waals surface area (Å²) in [4.78, 5) is 1.28. The van der Waals surface area contributed by atoms with Crippen molar-refractivity contribution >= 4 is 10.0 Å². The first-order valence-corrected chi connectivity index (χ1v) is 8.10. The van der Waals surface area contributed by atoms with Gasteiger partial charge in [-0.05, 0) is 25.1 Å². The van der Waals surface area contributed by atoms with Gasteiger partial charge < -0.3 is 9.64 Å². The fraction of sp³-hybridized carbons (Fsp3) is 0.538. The van der Waals surface area contributed by atoms with Gasteiger partial charge in [0.05, 0.1) is 39.8 Å². The standard InChI is InChI=1S/C13H19FN2O3S/c1-3-15-6-8-16(9-7-15)20(17,18)13-10-11(14)4-5-12(13)19-2/h4-5,10H,3,6-9H2,1-2H3/p+1. The van der Waals surface area contributed by atoms with E-state index in [1.807, 2.05) is 0 Å². The molecule has 1 heterocycles. The van der Waals surface area contributed by atoms with Crippen molar-refractivity contribution in [1.29, 1.82) is 0 Å². The van der Waals surface area contributed by atoms with Crippen molar-refractivity contribution in [2.45, 2.75) is 11.8 Å². The van der Waals surface area contributed by atoms with Crippen LogP contribution in [-0.4, -0.2) is 52.6 Å². The van der Waals surface area contributed by atoms with Gasteiger partial charge in [-0.25, -0.2) is 12.8 Å². The number of halogens is 1. The van der Waals surface area contributed by atoms with Gasteiger partial charge in [-0.15, -0.1) is 0 Å². The van der Waals surface area contributed by atoms with Gasteiger partial charge in [0.15, 0.2) is 0 Å². The maximum Gasteiger partial charge on any atom is 0.247 e. The molecular formula is C13H20FN2O3S+. The van der Waals surface area contributed by atoms with Crippen LogP contribution in [0.2, 0.25) is 0 Å². The number of quaternary nitrogens is 1. The molecule has 112 valence electrons. The summed E-state index contributed by atoms with van der Waals surface area (Å²) >= 11 is 0. The lowest BCUT2D eigenvalue weighted by Gasteiger charge is -2.31. The first-order valence-electron chi connectivity index (χ1n) is 6.66. The molecule has 20 heavy (non-hydrogen) atoms.